The second-order valence-electron chi connectivity index (χ2n) is 4.25. The van der Waals surface area contributed by atoms with E-state index < -0.39 is 10.8 Å². The molecule has 0 aliphatic heterocycles. The standard InChI is InChI=1S/C14H11N3O4S2/c18-12-5-3-9(17(20)21)8-11(12)15-14(22)16-13(19)6-4-10-2-1-7-23-10/h1-8,18H,(H2,15,16,19,22)/b6-4+. The van der Waals surface area contributed by atoms with Gasteiger partial charge in [0.1, 0.15) is 5.75 Å². The Morgan fingerprint density at radius 3 is 2.83 bits per heavy atom. The van der Waals surface area contributed by atoms with Crippen molar-refractivity contribution in [1.29, 1.82) is 0 Å². The number of nitrogens with zero attached hydrogens (tertiary/aromatic N) is 1. The number of nitrogens with one attached hydrogen (secondary N) is 2. The van der Waals surface area contributed by atoms with E-state index in [0.29, 0.717) is 0 Å². The highest BCUT2D eigenvalue weighted by molar-refractivity contribution is 7.80. The molecule has 0 saturated heterocycles. The summed E-state index contributed by atoms with van der Waals surface area (Å²) in [5.74, 6) is -0.679. The first-order chi connectivity index (χ1) is 11.0. The Hall–Kier alpha value is -2.78. The van der Waals surface area contributed by atoms with E-state index in [1.54, 1.807) is 6.08 Å². The molecule has 118 valence electrons. The fourth-order valence-corrected chi connectivity index (χ4v) is 2.42. The van der Waals surface area contributed by atoms with E-state index in [-0.39, 0.29) is 22.2 Å². The number of hydrogen-bond donors (Lipinski definition) is 3. The molecule has 0 radical (unpaired) electrons. The Balaban J connectivity index is 1.98. The summed E-state index contributed by atoms with van der Waals surface area (Å²) in [4.78, 5) is 22.7. The number of rotatable bonds is 4. The number of hydrogen-bond acceptors (Lipinski definition) is 6. The van der Waals surface area contributed by atoms with Crippen molar-refractivity contribution in [2.45, 2.75) is 0 Å². The monoisotopic (exact) mass is 349 g/mol. The maximum atomic E-state index is 11.7. The first-order valence-corrected chi connectivity index (χ1v) is 7.55. The van der Waals surface area contributed by atoms with Crippen molar-refractivity contribution in [3.05, 3.63) is 56.8 Å². The molecule has 9 heteroatoms. The predicted octanol–water partition coefficient (Wildman–Crippen LogP) is 2.89. The Morgan fingerprint density at radius 2 is 2.17 bits per heavy atom. The van der Waals surface area contributed by atoms with E-state index >= 15 is 0 Å². The zero-order valence-electron chi connectivity index (χ0n) is 11.6. The molecule has 0 bridgehead atoms. The number of nitro benzene ring substituents is 1. The zero-order chi connectivity index (χ0) is 16.8. The number of thiocarbonyl (C=S) groups is 1. The van der Waals surface area contributed by atoms with Gasteiger partial charge in [0.05, 0.1) is 10.6 Å². The lowest BCUT2D eigenvalue weighted by Gasteiger charge is -2.09. The summed E-state index contributed by atoms with van der Waals surface area (Å²) in [6.07, 6.45) is 2.94. The van der Waals surface area contributed by atoms with Crippen molar-refractivity contribution in [3.8, 4) is 5.75 Å². The SMILES string of the molecule is O=C(/C=C/c1cccs1)NC(=S)Nc1cc([N+](=O)[O-])ccc1O. The minimum absolute atomic E-state index is 0.0340. The number of carbonyl (C=O) groups excluding carboxylic acids is 1. The molecule has 0 saturated carbocycles. The molecule has 1 aromatic carbocycles. The van der Waals surface area contributed by atoms with Crippen LogP contribution in [0.2, 0.25) is 0 Å². The Labute approximate surface area is 140 Å². The molecule has 0 atom stereocenters. The normalized spacial score (nSPS) is 10.4. The average molecular weight is 349 g/mol. The van der Waals surface area contributed by atoms with Crippen molar-refractivity contribution in [3.63, 3.8) is 0 Å². The number of aromatic hydroxyl groups is 1. The molecule has 0 aliphatic rings. The quantitative estimate of drug-likeness (QED) is 0.258. The highest BCUT2D eigenvalue weighted by atomic mass is 32.1. The van der Waals surface area contributed by atoms with Crippen LogP contribution in [-0.4, -0.2) is 21.0 Å². The lowest BCUT2D eigenvalue weighted by Crippen LogP contribution is -2.32. The molecule has 2 rings (SSSR count). The molecular weight excluding hydrogens is 338 g/mol. The highest BCUT2D eigenvalue weighted by Crippen LogP contribution is 2.27. The van der Waals surface area contributed by atoms with E-state index in [0.717, 1.165) is 17.0 Å². The number of thiophene rings is 1. The number of amides is 1. The first-order valence-electron chi connectivity index (χ1n) is 6.26. The van der Waals surface area contributed by atoms with Crippen LogP contribution in [-0.2, 0) is 4.79 Å². The molecule has 23 heavy (non-hydrogen) atoms. The Morgan fingerprint density at radius 1 is 1.39 bits per heavy atom. The smallest absolute Gasteiger partial charge is 0.271 e. The van der Waals surface area contributed by atoms with Gasteiger partial charge in [-0.25, -0.2) is 0 Å². The number of carbonyl (C=O) groups is 1. The van der Waals surface area contributed by atoms with Crippen LogP contribution in [0.4, 0.5) is 11.4 Å². The summed E-state index contributed by atoms with van der Waals surface area (Å²) in [6, 6.07) is 7.16. The number of non-ortho nitro benzene ring substituents is 1. The average Bonchev–Trinajstić information content (AvgIpc) is 3.00. The molecule has 2 aromatic rings. The third kappa shape index (κ3) is 4.87. The largest absolute Gasteiger partial charge is 0.506 e. The van der Waals surface area contributed by atoms with Crippen LogP contribution in [0, 0.1) is 10.1 Å². The molecule has 0 aliphatic carbocycles. The third-order valence-electron chi connectivity index (χ3n) is 2.62. The molecule has 0 unspecified atom stereocenters. The highest BCUT2D eigenvalue weighted by Gasteiger charge is 2.11. The maximum absolute atomic E-state index is 11.7. The van der Waals surface area contributed by atoms with Gasteiger partial charge in [-0.2, -0.15) is 0 Å². The van der Waals surface area contributed by atoms with Crippen LogP contribution in [0.5, 0.6) is 5.75 Å². The number of anilines is 1. The second kappa shape index (κ2) is 7.47. The summed E-state index contributed by atoms with van der Waals surface area (Å²) in [7, 11) is 0. The van der Waals surface area contributed by atoms with Crippen LogP contribution in [0.3, 0.4) is 0 Å². The van der Waals surface area contributed by atoms with E-state index in [9.17, 15) is 20.0 Å². The predicted molar refractivity (Wildman–Crippen MR) is 92.5 cm³/mol. The van der Waals surface area contributed by atoms with Crippen LogP contribution < -0.4 is 10.6 Å². The Bertz CT molecular complexity index is 772. The lowest BCUT2D eigenvalue weighted by atomic mass is 10.2. The van der Waals surface area contributed by atoms with Gasteiger partial charge in [-0.05, 0) is 35.8 Å². The second-order valence-corrected chi connectivity index (χ2v) is 5.64. The molecule has 1 aromatic heterocycles. The number of benzene rings is 1. The van der Waals surface area contributed by atoms with Gasteiger partial charge in [0, 0.05) is 23.1 Å². The van der Waals surface area contributed by atoms with Gasteiger partial charge in [-0.15, -0.1) is 11.3 Å². The van der Waals surface area contributed by atoms with E-state index in [2.05, 4.69) is 10.6 Å². The van der Waals surface area contributed by atoms with Gasteiger partial charge < -0.3 is 10.4 Å². The summed E-state index contributed by atoms with van der Waals surface area (Å²) < 4.78 is 0. The van der Waals surface area contributed by atoms with Gasteiger partial charge in [-0.1, -0.05) is 6.07 Å². The third-order valence-corrected chi connectivity index (χ3v) is 3.66. The van der Waals surface area contributed by atoms with Crippen molar-refractivity contribution in [2.75, 3.05) is 5.32 Å². The maximum Gasteiger partial charge on any atom is 0.271 e. The minimum atomic E-state index is -0.601. The molecule has 1 amide bonds. The van der Waals surface area contributed by atoms with Gasteiger partial charge in [-0.3, -0.25) is 20.2 Å². The van der Waals surface area contributed by atoms with E-state index in [4.69, 9.17) is 12.2 Å². The van der Waals surface area contributed by atoms with Crippen LogP contribution in [0.15, 0.2) is 41.8 Å². The minimum Gasteiger partial charge on any atom is -0.506 e. The number of nitro groups is 1. The summed E-state index contributed by atoms with van der Waals surface area (Å²) >= 11 is 6.42. The molecular formula is C14H11N3O4S2. The Kier molecular flexibility index (Phi) is 5.39. The zero-order valence-corrected chi connectivity index (χ0v) is 13.2. The molecule has 1 heterocycles. The fraction of sp³-hybridized carbons (Fsp3) is 0. The summed E-state index contributed by atoms with van der Waals surface area (Å²) in [6.45, 7) is 0. The van der Waals surface area contributed by atoms with Gasteiger partial charge in [0.2, 0.25) is 5.91 Å². The van der Waals surface area contributed by atoms with Crippen LogP contribution in [0.25, 0.3) is 6.08 Å². The van der Waals surface area contributed by atoms with Crippen molar-refractivity contribution in [2.24, 2.45) is 0 Å². The van der Waals surface area contributed by atoms with Crippen LogP contribution >= 0.6 is 23.6 Å². The topological polar surface area (TPSA) is 104 Å². The first kappa shape index (κ1) is 16.6. The molecule has 0 fully saturated rings. The van der Waals surface area contributed by atoms with Gasteiger partial charge >= 0.3 is 0 Å². The lowest BCUT2D eigenvalue weighted by molar-refractivity contribution is -0.384. The van der Waals surface area contributed by atoms with Gasteiger partial charge in [0.15, 0.2) is 5.11 Å². The summed E-state index contributed by atoms with van der Waals surface area (Å²) in [5, 5.41) is 27.1. The molecule has 3 N–H and O–H groups in total. The van der Waals surface area contributed by atoms with E-state index in [1.165, 1.54) is 23.5 Å². The van der Waals surface area contributed by atoms with Crippen molar-refractivity contribution < 1.29 is 14.8 Å². The summed E-state index contributed by atoms with van der Waals surface area (Å²) in [5.41, 5.74) is -0.177. The van der Waals surface area contributed by atoms with E-state index in [1.807, 2.05) is 17.5 Å². The van der Waals surface area contributed by atoms with Crippen molar-refractivity contribution >= 4 is 52.0 Å². The van der Waals surface area contributed by atoms with Gasteiger partial charge in [0.25, 0.3) is 5.69 Å². The fourth-order valence-electron chi connectivity index (χ4n) is 1.59. The van der Waals surface area contributed by atoms with Crippen molar-refractivity contribution in [1.82, 2.24) is 5.32 Å². The van der Waals surface area contributed by atoms with Crippen LogP contribution in [0.1, 0.15) is 4.88 Å². The molecule has 0 spiro atoms. The number of phenols is 1. The number of phenolic OH excluding ortho intramolecular Hbond substituents is 1. The molecule has 7 nitrogen and oxygen atoms in total.